The van der Waals surface area contributed by atoms with Crippen molar-refractivity contribution in [2.45, 2.75) is 31.1 Å². The Bertz CT molecular complexity index is 756. The number of fused-ring (bicyclic) bond motifs is 1. The van der Waals surface area contributed by atoms with Crippen LogP contribution in [0.3, 0.4) is 0 Å². The molecule has 5 atom stereocenters. The molecule has 3 heterocycles. The maximum atomic E-state index is 13.2. The van der Waals surface area contributed by atoms with E-state index in [2.05, 4.69) is 6.58 Å². The molecule has 24 heavy (non-hydrogen) atoms. The molecule has 3 aliphatic rings. The molecule has 1 unspecified atom stereocenters. The highest BCUT2D eigenvalue weighted by Gasteiger charge is 2.71. The minimum atomic E-state index is -0.978. The number of hydrogen-bond donors (Lipinski definition) is 1. The minimum Gasteiger partial charge on any atom is -0.481 e. The van der Waals surface area contributed by atoms with Gasteiger partial charge in [-0.3, -0.25) is 9.59 Å². The standard InChI is InChI=1S/C19H19NO4/c1-11(2)10-14-19-9-8-13(24-19)15(18(22)23)16(19)17(21)20(14)12-6-4-3-5-7-12/h3-9,13-16H,1,10H2,2H3,(H,22,23)/t13-,14?,15-,16+,19-/m1/s1. The fourth-order valence-electron chi connectivity index (χ4n) is 4.41. The molecule has 4 rings (SSSR count). The molecule has 2 saturated heterocycles. The number of carbonyl (C=O) groups excluding carboxylic acids is 1. The van der Waals surface area contributed by atoms with Crippen LogP contribution in [0.2, 0.25) is 0 Å². The Morgan fingerprint density at radius 3 is 2.71 bits per heavy atom. The first-order valence-electron chi connectivity index (χ1n) is 8.08. The maximum Gasteiger partial charge on any atom is 0.310 e. The number of carboxylic acids is 1. The molecular formula is C19H19NO4. The van der Waals surface area contributed by atoms with E-state index in [1.54, 1.807) is 11.0 Å². The van der Waals surface area contributed by atoms with Gasteiger partial charge in [-0.25, -0.2) is 0 Å². The normalized spacial score (nSPS) is 36.2. The summed E-state index contributed by atoms with van der Waals surface area (Å²) in [5.41, 5.74) is 0.824. The van der Waals surface area contributed by atoms with Gasteiger partial charge in [0.15, 0.2) is 0 Å². The molecule has 1 spiro atoms. The Morgan fingerprint density at radius 2 is 2.08 bits per heavy atom. The van der Waals surface area contributed by atoms with Crippen molar-refractivity contribution in [2.75, 3.05) is 4.90 Å². The predicted octanol–water partition coefficient (Wildman–Crippen LogP) is 2.39. The van der Waals surface area contributed by atoms with Gasteiger partial charge in [0.1, 0.15) is 11.5 Å². The number of amides is 1. The van der Waals surface area contributed by atoms with Crippen LogP contribution in [-0.4, -0.2) is 34.7 Å². The summed E-state index contributed by atoms with van der Waals surface area (Å²) >= 11 is 0. The summed E-state index contributed by atoms with van der Waals surface area (Å²) in [7, 11) is 0. The van der Waals surface area contributed by atoms with E-state index >= 15 is 0 Å². The fraction of sp³-hybridized carbons (Fsp3) is 0.368. The van der Waals surface area contributed by atoms with Gasteiger partial charge in [0.05, 0.1) is 18.1 Å². The van der Waals surface area contributed by atoms with Crippen molar-refractivity contribution in [2.24, 2.45) is 11.8 Å². The molecule has 0 aliphatic carbocycles. The molecule has 1 aromatic carbocycles. The number of carboxylic acid groups (broad SMARTS) is 1. The highest BCUT2D eigenvalue weighted by molar-refractivity contribution is 6.03. The molecule has 124 valence electrons. The Labute approximate surface area is 140 Å². The van der Waals surface area contributed by atoms with Crippen LogP contribution in [0.15, 0.2) is 54.6 Å². The highest BCUT2D eigenvalue weighted by atomic mass is 16.5. The first kappa shape index (κ1) is 15.1. The number of para-hydroxylation sites is 1. The lowest BCUT2D eigenvalue weighted by atomic mass is 9.74. The van der Waals surface area contributed by atoms with E-state index in [-0.39, 0.29) is 11.9 Å². The summed E-state index contributed by atoms with van der Waals surface area (Å²) in [6.45, 7) is 5.90. The first-order valence-corrected chi connectivity index (χ1v) is 8.08. The van der Waals surface area contributed by atoms with Crippen LogP contribution in [0.25, 0.3) is 0 Å². The molecule has 0 saturated carbocycles. The molecular weight excluding hydrogens is 306 g/mol. The van der Waals surface area contributed by atoms with Crippen LogP contribution in [0.4, 0.5) is 5.69 Å². The van der Waals surface area contributed by atoms with E-state index in [0.29, 0.717) is 6.42 Å². The largest absolute Gasteiger partial charge is 0.481 e. The zero-order valence-corrected chi connectivity index (χ0v) is 13.4. The van der Waals surface area contributed by atoms with Crippen molar-refractivity contribution in [1.29, 1.82) is 0 Å². The maximum absolute atomic E-state index is 13.2. The van der Waals surface area contributed by atoms with Gasteiger partial charge in [-0.05, 0) is 25.5 Å². The van der Waals surface area contributed by atoms with E-state index in [0.717, 1.165) is 11.3 Å². The number of hydrogen-bond acceptors (Lipinski definition) is 3. The van der Waals surface area contributed by atoms with Gasteiger partial charge in [-0.2, -0.15) is 0 Å². The first-order chi connectivity index (χ1) is 11.5. The molecule has 3 aliphatic heterocycles. The van der Waals surface area contributed by atoms with Crippen molar-refractivity contribution in [3.63, 3.8) is 0 Å². The summed E-state index contributed by atoms with van der Waals surface area (Å²) in [6.07, 6.45) is 3.74. The summed E-state index contributed by atoms with van der Waals surface area (Å²) in [6, 6.07) is 9.09. The zero-order chi connectivity index (χ0) is 17.1. The van der Waals surface area contributed by atoms with Crippen molar-refractivity contribution >= 4 is 17.6 Å². The van der Waals surface area contributed by atoms with Gasteiger partial charge in [-0.15, -0.1) is 6.58 Å². The average molecular weight is 325 g/mol. The number of carbonyl (C=O) groups is 2. The lowest BCUT2D eigenvalue weighted by Crippen LogP contribution is -2.45. The average Bonchev–Trinajstić information content (AvgIpc) is 3.17. The Balaban J connectivity index is 1.85. The van der Waals surface area contributed by atoms with Crippen LogP contribution >= 0.6 is 0 Å². The third-order valence-electron chi connectivity index (χ3n) is 5.28. The van der Waals surface area contributed by atoms with E-state index in [1.165, 1.54) is 0 Å². The smallest absolute Gasteiger partial charge is 0.310 e. The second-order valence-corrected chi connectivity index (χ2v) is 6.86. The molecule has 5 nitrogen and oxygen atoms in total. The lowest BCUT2D eigenvalue weighted by Gasteiger charge is -2.33. The van der Waals surface area contributed by atoms with Crippen molar-refractivity contribution in [3.8, 4) is 0 Å². The van der Waals surface area contributed by atoms with E-state index in [1.807, 2.05) is 43.3 Å². The number of ether oxygens (including phenoxy) is 1. The summed E-state index contributed by atoms with van der Waals surface area (Å²) in [4.78, 5) is 26.7. The quantitative estimate of drug-likeness (QED) is 0.863. The van der Waals surface area contributed by atoms with Crippen LogP contribution in [-0.2, 0) is 14.3 Å². The number of nitrogens with zero attached hydrogens (tertiary/aromatic N) is 1. The van der Waals surface area contributed by atoms with Crippen LogP contribution in [0.5, 0.6) is 0 Å². The fourth-order valence-corrected chi connectivity index (χ4v) is 4.41. The predicted molar refractivity (Wildman–Crippen MR) is 88.5 cm³/mol. The Kier molecular flexibility index (Phi) is 3.18. The summed E-state index contributed by atoms with van der Waals surface area (Å²) in [5, 5.41) is 9.62. The summed E-state index contributed by atoms with van der Waals surface area (Å²) in [5.74, 6) is -2.67. The van der Waals surface area contributed by atoms with Crippen LogP contribution in [0, 0.1) is 11.8 Å². The van der Waals surface area contributed by atoms with E-state index in [9.17, 15) is 14.7 Å². The van der Waals surface area contributed by atoms with Gasteiger partial charge in [0, 0.05) is 5.69 Å². The SMILES string of the molecule is C=C(C)CC1N(c2ccccc2)C(=O)[C@@H]2[C@H](C(=O)O)[C@H]3C=C[C@@]12O3. The van der Waals surface area contributed by atoms with Crippen molar-refractivity contribution in [3.05, 3.63) is 54.6 Å². The van der Waals surface area contributed by atoms with Gasteiger partial charge in [0.25, 0.3) is 0 Å². The van der Waals surface area contributed by atoms with Crippen molar-refractivity contribution < 1.29 is 19.4 Å². The molecule has 1 amide bonds. The molecule has 1 aromatic rings. The van der Waals surface area contributed by atoms with Gasteiger partial charge < -0.3 is 14.7 Å². The number of benzene rings is 1. The van der Waals surface area contributed by atoms with Crippen LogP contribution in [0.1, 0.15) is 13.3 Å². The third-order valence-corrected chi connectivity index (χ3v) is 5.28. The second kappa shape index (κ2) is 5.05. The molecule has 0 radical (unpaired) electrons. The summed E-state index contributed by atoms with van der Waals surface area (Å²) < 4.78 is 6.10. The minimum absolute atomic E-state index is 0.174. The number of rotatable bonds is 4. The van der Waals surface area contributed by atoms with Gasteiger partial charge in [-0.1, -0.05) is 35.9 Å². The Hall–Kier alpha value is -2.40. The third kappa shape index (κ3) is 1.85. The molecule has 5 heteroatoms. The van der Waals surface area contributed by atoms with Gasteiger partial charge in [0.2, 0.25) is 5.91 Å². The molecule has 2 bridgehead atoms. The zero-order valence-electron chi connectivity index (χ0n) is 13.4. The topological polar surface area (TPSA) is 66.8 Å². The molecule has 2 fully saturated rings. The van der Waals surface area contributed by atoms with E-state index < -0.39 is 29.5 Å². The van der Waals surface area contributed by atoms with Crippen molar-refractivity contribution in [1.82, 2.24) is 0 Å². The lowest BCUT2D eigenvalue weighted by molar-refractivity contribution is -0.146. The number of anilines is 1. The second-order valence-electron chi connectivity index (χ2n) is 6.86. The highest BCUT2D eigenvalue weighted by Crippen LogP contribution is 2.56. The molecule has 0 aromatic heterocycles. The van der Waals surface area contributed by atoms with E-state index in [4.69, 9.17) is 4.74 Å². The van der Waals surface area contributed by atoms with Gasteiger partial charge >= 0.3 is 5.97 Å². The monoisotopic (exact) mass is 325 g/mol. The number of aliphatic carboxylic acids is 1. The Morgan fingerprint density at radius 1 is 1.38 bits per heavy atom. The molecule has 1 N–H and O–H groups in total. The van der Waals surface area contributed by atoms with Crippen LogP contribution < -0.4 is 4.90 Å².